The van der Waals surface area contributed by atoms with Gasteiger partial charge in [0.15, 0.2) is 0 Å². The zero-order valence-electron chi connectivity index (χ0n) is 14.3. The van der Waals surface area contributed by atoms with Crippen molar-refractivity contribution < 1.29 is 4.79 Å². The number of carbonyl (C=O) groups excluding carboxylic acids is 1. The van der Waals surface area contributed by atoms with Gasteiger partial charge in [-0.15, -0.1) is 0 Å². The third-order valence-corrected chi connectivity index (χ3v) is 4.76. The molecule has 0 unspecified atom stereocenters. The molecule has 1 heterocycles. The molecule has 1 amide bonds. The van der Waals surface area contributed by atoms with Crippen molar-refractivity contribution in [3.63, 3.8) is 0 Å². The van der Waals surface area contributed by atoms with Crippen LogP contribution in [0.5, 0.6) is 0 Å². The molecule has 1 fully saturated rings. The molecule has 1 aliphatic rings. The van der Waals surface area contributed by atoms with Gasteiger partial charge in [-0.1, -0.05) is 42.5 Å². The second-order valence-electron chi connectivity index (χ2n) is 6.61. The van der Waals surface area contributed by atoms with Gasteiger partial charge in [0.25, 0.3) is 0 Å². The summed E-state index contributed by atoms with van der Waals surface area (Å²) < 4.78 is 0. The van der Waals surface area contributed by atoms with E-state index >= 15 is 0 Å². The van der Waals surface area contributed by atoms with Crippen molar-refractivity contribution in [2.45, 2.75) is 19.3 Å². The predicted octanol–water partition coefficient (Wildman–Crippen LogP) is 3.45. The van der Waals surface area contributed by atoms with Crippen LogP contribution in [0.2, 0.25) is 0 Å². The lowest BCUT2D eigenvalue weighted by Gasteiger charge is -2.31. The van der Waals surface area contributed by atoms with Crippen LogP contribution in [0.15, 0.2) is 54.6 Å². The summed E-state index contributed by atoms with van der Waals surface area (Å²) in [5, 5.41) is 11.9. The Morgan fingerprint density at radius 2 is 1.76 bits per heavy atom. The largest absolute Gasteiger partial charge is 0.324 e. The fourth-order valence-electron chi connectivity index (χ4n) is 3.38. The molecule has 1 saturated heterocycles. The molecule has 1 N–H and O–H groups in total. The van der Waals surface area contributed by atoms with Crippen molar-refractivity contribution in [2.24, 2.45) is 5.92 Å². The number of carbonyl (C=O) groups is 1. The van der Waals surface area contributed by atoms with Crippen LogP contribution in [0.25, 0.3) is 0 Å². The lowest BCUT2D eigenvalue weighted by Crippen LogP contribution is -2.39. The molecule has 2 aromatic carbocycles. The van der Waals surface area contributed by atoms with E-state index in [-0.39, 0.29) is 5.91 Å². The molecule has 3 rings (SSSR count). The summed E-state index contributed by atoms with van der Waals surface area (Å²) in [6, 6.07) is 19.8. The number of rotatable bonds is 5. The van der Waals surface area contributed by atoms with Gasteiger partial charge in [-0.2, -0.15) is 5.26 Å². The van der Waals surface area contributed by atoms with Crippen molar-refractivity contribution >= 4 is 11.6 Å². The molecule has 0 spiro atoms. The molecule has 0 aromatic heterocycles. The van der Waals surface area contributed by atoms with E-state index in [2.05, 4.69) is 46.6 Å². The number of piperidine rings is 1. The number of hydrogen-bond acceptors (Lipinski definition) is 3. The van der Waals surface area contributed by atoms with Crippen molar-refractivity contribution in [1.29, 1.82) is 5.26 Å². The van der Waals surface area contributed by atoms with Crippen LogP contribution in [-0.4, -0.2) is 30.4 Å². The van der Waals surface area contributed by atoms with Crippen LogP contribution in [0, 0.1) is 17.2 Å². The fourth-order valence-corrected chi connectivity index (χ4v) is 3.38. The Labute approximate surface area is 149 Å². The number of nitriles is 1. The minimum atomic E-state index is -0.0517. The molecule has 0 aliphatic carbocycles. The number of nitrogens with one attached hydrogen (secondary N) is 1. The van der Waals surface area contributed by atoms with E-state index in [0.717, 1.165) is 32.4 Å². The number of likely N-dealkylation sites (tertiary alicyclic amines) is 1. The highest BCUT2D eigenvalue weighted by Crippen LogP contribution is 2.21. The smallest absolute Gasteiger partial charge is 0.238 e. The van der Waals surface area contributed by atoms with Crippen molar-refractivity contribution in [3.8, 4) is 6.07 Å². The maximum absolute atomic E-state index is 12.3. The number of benzene rings is 2. The first-order valence-electron chi connectivity index (χ1n) is 8.80. The summed E-state index contributed by atoms with van der Waals surface area (Å²) >= 11 is 0. The third kappa shape index (κ3) is 4.91. The third-order valence-electron chi connectivity index (χ3n) is 4.76. The average molecular weight is 333 g/mol. The van der Waals surface area contributed by atoms with Gasteiger partial charge < -0.3 is 5.32 Å². The number of para-hydroxylation sites is 1. The molecule has 0 atom stereocenters. The molecule has 0 saturated carbocycles. The molecule has 128 valence electrons. The lowest BCUT2D eigenvalue weighted by atomic mass is 9.90. The van der Waals surface area contributed by atoms with E-state index in [1.165, 1.54) is 5.56 Å². The standard InChI is InChI=1S/C21H23N3O/c22-15-19-8-4-5-9-20(19)23-21(25)16-24-12-10-18(11-13-24)14-17-6-2-1-3-7-17/h1-9,18H,10-14,16H2,(H,23,25). The maximum atomic E-state index is 12.3. The van der Waals surface area contributed by atoms with Gasteiger partial charge in [0, 0.05) is 0 Å². The maximum Gasteiger partial charge on any atom is 0.238 e. The molecular formula is C21H23N3O. The van der Waals surface area contributed by atoms with Crippen LogP contribution < -0.4 is 5.32 Å². The van der Waals surface area contributed by atoms with E-state index in [1.54, 1.807) is 18.2 Å². The van der Waals surface area contributed by atoms with Crippen molar-refractivity contribution in [2.75, 3.05) is 25.0 Å². The minimum absolute atomic E-state index is 0.0517. The topological polar surface area (TPSA) is 56.1 Å². The van der Waals surface area contributed by atoms with Crippen LogP contribution in [0.3, 0.4) is 0 Å². The van der Waals surface area contributed by atoms with Crippen molar-refractivity contribution in [1.82, 2.24) is 4.90 Å². The zero-order valence-corrected chi connectivity index (χ0v) is 14.3. The Kier molecular flexibility index (Phi) is 5.81. The molecule has 0 bridgehead atoms. The summed E-state index contributed by atoms with van der Waals surface area (Å²) in [7, 11) is 0. The highest BCUT2D eigenvalue weighted by atomic mass is 16.2. The van der Waals surface area contributed by atoms with Gasteiger partial charge in [0.2, 0.25) is 5.91 Å². The van der Waals surface area contributed by atoms with Gasteiger partial charge >= 0.3 is 0 Å². The minimum Gasteiger partial charge on any atom is -0.324 e. The molecular weight excluding hydrogens is 310 g/mol. The quantitative estimate of drug-likeness (QED) is 0.912. The summed E-state index contributed by atoms with van der Waals surface area (Å²) in [5.74, 6) is 0.644. The van der Waals surface area contributed by atoms with E-state index in [9.17, 15) is 4.79 Å². The Hall–Kier alpha value is -2.64. The first-order chi connectivity index (χ1) is 12.2. The molecule has 0 radical (unpaired) electrons. The summed E-state index contributed by atoms with van der Waals surface area (Å²) in [6.45, 7) is 2.29. The summed E-state index contributed by atoms with van der Waals surface area (Å²) in [5.41, 5.74) is 2.48. The zero-order chi connectivity index (χ0) is 17.5. The van der Waals surface area contributed by atoms with Crippen LogP contribution in [0.4, 0.5) is 5.69 Å². The number of nitrogens with zero attached hydrogens (tertiary/aromatic N) is 2. The Bertz CT molecular complexity index is 743. The van der Waals surface area contributed by atoms with Crippen LogP contribution in [-0.2, 0) is 11.2 Å². The number of amides is 1. The normalized spacial score (nSPS) is 15.5. The second-order valence-corrected chi connectivity index (χ2v) is 6.61. The number of anilines is 1. The predicted molar refractivity (Wildman–Crippen MR) is 99.1 cm³/mol. The molecule has 4 heteroatoms. The lowest BCUT2D eigenvalue weighted by molar-refractivity contribution is -0.117. The Balaban J connectivity index is 1.46. The second kappa shape index (κ2) is 8.46. The molecule has 25 heavy (non-hydrogen) atoms. The summed E-state index contributed by atoms with van der Waals surface area (Å²) in [6.07, 6.45) is 3.37. The molecule has 2 aromatic rings. The Morgan fingerprint density at radius 1 is 1.08 bits per heavy atom. The first kappa shape index (κ1) is 17.2. The van der Waals surface area contributed by atoms with E-state index in [0.29, 0.717) is 23.7 Å². The van der Waals surface area contributed by atoms with Crippen LogP contribution >= 0.6 is 0 Å². The van der Waals surface area contributed by atoms with Gasteiger partial charge in [0.1, 0.15) is 6.07 Å². The van der Waals surface area contributed by atoms with Gasteiger partial charge in [-0.3, -0.25) is 9.69 Å². The van der Waals surface area contributed by atoms with Crippen LogP contribution in [0.1, 0.15) is 24.0 Å². The molecule has 4 nitrogen and oxygen atoms in total. The van der Waals surface area contributed by atoms with Gasteiger partial charge in [-0.25, -0.2) is 0 Å². The van der Waals surface area contributed by atoms with E-state index in [1.807, 2.05) is 6.07 Å². The van der Waals surface area contributed by atoms with E-state index < -0.39 is 0 Å². The van der Waals surface area contributed by atoms with Gasteiger partial charge in [0.05, 0.1) is 17.8 Å². The highest BCUT2D eigenvalue weighted by Gasteiger charge is 2.21. The first-order valence-corrected chi connectivity index (χ1v) is 8.80. The van der Waals surface area contributed by atoms with Gasteiger partial charge in [-0.05, 0) is 56.0 Å². The highest BCUT2D eigenvalue weighted by molar-refractivity contribution is 5.93. The van der Waals surface area contributed by atoms with Crippen molar-refractivity contribution in [3.05, 3.63) is 65.7 Å². The summed E-state index contributed by atoms with van der Waals surface area (Å²) in [4.78, 5) is 14.5. The van der Waals surface area contributed by atoms with E-state index in [4.69, 9.17) is 5.26 Å². The SMILES string of the molecule is N#Cc1ccccc1NC(=O)CN1CCC(Cc2ccccc2)CC1. The fraction of sp³-hybridized carbons (Fsp3) is 0.333. The molecule has 1 aliphatic heterocycles. The average Bonchev–Trinajstić information content (AvgIpc) is 2.64. The number of hydrogen-bond donors (Lipinski definition) is 1. The Morgan fingerprint density at radius 3 is 2.48 bits per heavy atom. The monoisotopic (exact) mass is 333 g/mol.